The Morgan fingerprint density at radius 3 is 1.93 bits per heavy atom. The minimum atomic E-state index is 1.05. The molecule has 0 heterocycles. The van der Waals surface area contributed by atoms with Gasteiger partial charge in [-0.15, -0.1) is 0 Å². The van der Waals surface area contributed by atoms with E-state index in [4.69, 9.17) is 0 Å². The number of rotatable bonds is 5. The first-order valence-corrected chi connectivity index (χ1v) is 9.34. The molecule has 0 aliphatic carbocycles. The molecular formula is C27H26. The van der Waals surface area contributed by atoms with Crippen LogP contribution in [0.2, 0.25) is 0 Å². The van der Waals surface area contributed by atoms with E-state index in [1.165, 1.54) is 39.0 Å². The van der Waals surface area contributed by atoms with E-state index in [0.717, 1.165) is 5.57 Å². The summed E-state index contributed by atoms with van der Waals surface area (Å²) in [7, 11) is 0. The van der Waals surface area contributed by atoms with Crippen LogP contribution < -0.4 is 0 Å². The molecule has 0 heteroatoms. The summed E-state index contributed by atoms with van der Waals surface area (Å²) in [5.41, 5.74) is 9.60. The van der Waals surface area contributed by atoms with E-state index in [1.54, 1.807) is 0 Å². The third kappa shape index (κ3) is 4.74. The van der Waals surface area contributed by atoms with Crippen LogP contribution in [0.5, 0.6) is 0 Å². The van der Waals surface area contributed by atoms with E-state index < -0.39 is 0 Å². The Kier molecular flexibility index (Phi) is 5.88. The smallest absolute Gasteiger partial charge is 0.0172 e. The van der Waals surface area contributed by atoms with Gasteiger partial charge in [-0.2, -0.15) is 0 Å². The monoisotopic (exact) mass is 350 g/mol. The van der Waals surface area contributed by atoms with Crippen LogP contribution in [0, 0.1) is 6.92 Å². The quantitative estimate of drug-likeness (QED) is 0.411. The summed E-state index contributed by atoms with van der Waals surface area (Å²) in [6.45, 7) is 10.3. The van der Waals surface area contributed by atoms with Gasteiger partial charge >= 0.3 is 0 Å². The summed E-state index contributed by atoms with van der Waals surface area (Å²) in [6, 6.07) is 26.1. The lowest BCUT2D eigenvalue weighted by Crippen LogP contribution is -1.89. The van der Waals surface area contributed by atoms with Gasteiger partial charge in [0.25, 0.3) is 0 Å². The number of hydrogen-bond donors (Lipinski definition) is 0. The van der Waals surface area contributed by atoms with Crippen LogP contribution in [-0.2, 0) is 0 Å². The molecule has 0 spiro atoms. The van der Waals surface area contributed by atoms with Gasteiger partial charge in [0.2, 0.25) is 0 Å². The average Bonchev–Trinajstić information content (AvgIpc) is 2.68. The fourth-order valence-electron chi connectivity index (χ4n) is 3.18. The van der Waals surface area contributed by atoms with Crippen LogP contribution in [0.15, 0.2) is 103 Å². The predicted octanol–water partition coefficient (Wildman–Crippen LogP) is 7.86. The topological polar surface area (TPSA) is 0 Å². The molecule has 0 amide bonds. The molecule has 0 saturated heterocycles. The van der Waals surface area contributed by atoms with Crippen molar-refractivity contribution in [2.75, 3.05) is 0 Å². The van der Waals surface area contributed by atoms with Gasteiger partial charge in [0.1, 0.15) is 0 Å². The molecular weight excluding hydrogens is 324 g/mol. The third-order valence-corrected chi connectivity index (χ3v) is 4.51. The molecule has 0 fully saturated rings. The van der Waals surface area contributed by atoms with Gasteiger partial charge in [-0.05, 0) is 72.4 Å². The minimum absolute atomic E-state index is 1.05. The highest BCUT2D eigenvalue weighted by atomic mass is 14.1. The van der Waals surface area contributed by atoms with Crippen LogP contribution in [-0.4, -0.2) is 0 Å². The Labute approximate surface area is 163 Å². The van der Waals surface area contributed by atoms with Crippen molar-refractivity contribution in [1.82, 2.24) is 0 Å². The first kappa shape index (κ1) is 18.7. The SMILES string of the molecule is C=C(C)C=C(C=CC)c1cc(-c2ccccc2)cc(-c2ccc(C)cc2)c1. The van der Waals surface area contributed by atoms with Gasteiger partial charge in [-0.3, -0.25) is 0 Å². The molecule has 0 nitrogen and oxygen atoms in total. The molecule has 0 radical (unpaired) electrons. The maximum Gasteiger partial charge on any atom is -0.0172 e. The second-order valence-corrected chi connectivity index (χ2v) is 6.98. The third-order valence-electron chi connectivity index (χ3n) is 4.51. The summed E-state index contributed by atoms with van der Waals surface area (Å²) in [6.07, 6.45) is 6.37. The highest BCUT2D eigenvalue weighted by Gasteiger charge is 2.08. The lowest BCUT2D eigenvalue weighted by Gasteiger charge is -2.12. The van der Waals surface area contributed by atoms with Crippen molar-refractivity contribution in [3.63, 3.8) is 0 Å². The Bertz CT molecular complexity index is 984. The van der Waals surface area contributed by atoms with Crippen molar-refractivity contribution in [3.05, 3.63) is 114 Å². The molecule has 3 rings (SSSR count). The molecule has 3 aromatic rings. The Morgan fingerprint density at radius 2 is 1.37 bits per heavy atom. The van der Waals surface area contributed by atoms with Crippen LogP contribution in [0.4, 0.5) is 0 Å². The van der Waals surface area contributed by atoms with Crippen molar-refractivity contribution < 1.29 is 0 Å². The zero-order valence-corrected chi connectivity index (χ0v) is 16.4. The van der Waals surface area contributed by atoms with E-state index in [0.29, 0.717) is 0 Å². The highest BCUT2D eigenvalue weighted by Crippen LogP contribution is 2.32. The molecule has 0 aliphatic heterocycles. The lowest BCUT2D eigenvalue weighted by molar-refractivity contribution is 1.46. The summed E-state index contributed by atoms with van der Waals surface area (Å²) in [5, 5.41) is 0. The van der Waals surface area contributed by atoms with Crippen LogP contribution in [0.3, 0.4) is 0 Å². The predicted molar refractivity (Wildman–Crippen MR) is 120 cm³/mol. The summed E-state index contributed by atoms with van der Waals surface area (Å²) in [4.78, 5) is 0. The zero-order chi connectivity index (χ0) is 19.2. The summed E-state index contributed by atoms with van der Waals surface area (Å²) in [5.74, 6) is 0. The van der Waals surface area contributed by atoms with Crippen molar-refractivity contribution in [2.24, 2.45) is 0 Å². The average molecular weight is 351 g/mol. The number of hydrogen-bond acceptors (Lipinski definition) is 0. The van der Waals surface area contributed by atoms with Gasteiger partial charge < -0.3 is 0 Å². The standard InChI is InChI=1S/C27H26/c1-5-9-24(16-20(2)3)27-18-25(22-10-7-6-8-11-22)17-26(19-27)23-14-12-21(4)13-15-23/h5-19H,2H2,1,3-4H3. The normalized spacial score (nSPS) is 11.7. The van der Waals surface area contributed by atoms with Gasteiger partial charge in [0, 0.05) is 0 Å². The Morgan fingerprint density at radius 1 is 0.778 bits per heavy atom. The largest absolute Gasteiger partial charge is 0.0961 e. The zero-order valence-electron chi connectivity index (χ0n) is 16.4. The molecule has 0 aliphatic rings. The van der Waals surface area contributed by atoms with Gasteiger partial charge in [-0.1, -0.05) is 90.5 Å². The van der Waals surface area contributed by atoms with Crippen LogP contribution in [0.1, 0.15) is 25.0 Å². The Balaban J connectivity index is 2.22. The second-order valence-electron chi connectivity index (χ2n) is 6.98. The number of aryl methyl sites for hydroxylation is 1. The van der Waals surface area contributed by atoms with Crippen molar-refractivity contribution in [1.29, 1.82) is 0 Å². The first-order valence-electron chi connectivity index (χ1n) is 9.34. The number of benzene rings is 3. The Hall–Kier alpha value is -3.12. The van der Waals surface area contributed by atoms with Gasteiger partial charge in [-0.25, -0.2) is 0 Å². The maximum absolute atomic E-state index is 4.06. The van der Waals surface area contributed by atoms with Gasteiger partial charge in [0.05, 0.1) is 0 Å². The molecule has 27 heavy (non-hydrogen) atoms. The molecule has 0 aromatic heterocycles. The molecule has 0 atom stereocenters. The molecule has 0 N–H and O–H groups in total. The van der Waals surface area contributed by atoms with E-state index in [-0.39, 0.29) is 0 Å². The van der Waals surface area contributed by atoms with Crippen molar-refractivity contribution in [2.45, 2.75) is 20.8 Å². The van der Waals surface area contributed by atoms with Crippen LogP contribution >= 0.6 is 0 Å². The lowest BCUT2D eigenvalue weighted by atomic mass is 9.92. The van der Waals surface area contributed by atoms with E-state index in [2.05, 4.69) is 105 Å². The van der Waals surface area contributed by atoms with E-state index in [9.17, 15) is 0 Å². The maximum atomic E-state index is 4.06. The van der Waals surface area contributed by atoms with E-state index in [1.807, 2.05) is 13.8 Å². The number of allylic oxidation sites excluding steroid dienone is 5. The minimum Gasteiger partial charge on any atom is -0.0961 e. The molecule has 0 bridgehead atoms. The molecule has 134 valence electrons. The molecule has 3 aromatic carbocycles. The first-order chi connectivity index (χ1) is 13.1. The van der Waals surface area contributed by atoms with Crippen molar-refractivity contribution in [3.8, 4) is 22.3 Å². The fourth-order valence-corrected chi connectivity index (χ4v) is 3.18. The molecule has 0 saturated carbocycles. The fraction of sp³-hybridized carbons (Fsp3) is 0.111. The highest BCUT2D eigenvalue weighted by molar-refractivity contribution is 5.84. The van der Waals surface area contributed by atoms with E-state index >= 15 is 0 Å². The van der Waals surface area contributed by atoms with Crippen LogP contribution in [0.25, 0.3) is 27.8 Å². The molecule has 0 unspecified atom stereocenters. The van der Waals surface area contributed by atoms with Crippen molar-refractivity contribution >= 4 is 5.57 Å². The second kappa shape index (κ2) is 8.51. The summed E-state index contributed by atoms with van der Waals surface area (Å²) >= 11 is 0. The summed E-state index contributed by atoms with van der Waals surface area (Å²) < 4.78 is 0. The van der Waals surface area contributed by atoms with Gasteiger partial charge in [0.15, 0.2) is 0 Å².